The Labute approximate surface area is 185 Å². The van der Waals surface area contributed by atoms with E-state index in [1.165, 1.54) is 0 Å². The van der Waals surface area contributed by atoms with Crippen molar-refractivity contribution >= 4 is 11.8 Å². The molecule has 2 amide bonds. The first-order valence-corrected chi connectivity index (χ1v) is 11.9. The van der Waals surface area contributed by atoms with Gasteiger partial charge in [-0.05, 0) is 69.8 Å². The molecule has 0 saturated carbocycles. The van der Waals surface area contributed by atoms with Crippen LogP contribution in [0.1, 0.15) is 44.6 Å². The number of pyridine rings is 1. The van der Waals surface area contributed by atoms with Crippen LogP contribution in [0, 0.1) is 11.8 Å². The highest BCUT2D eigenvalue weighted by atomic mass is 16.5. The van der Waals surface area contributed by atoms with E-state index in [-0.39, 0.29) is 23.7 Å². The first-order chi connectivity index (χ1) is 15.2. The highest BCUT2D eigenvalue weighted by molar-refractivity contribution is 5.79. The quantitative estimate of drug-likeness (QED) is 0.695. The van der Waals surface area contributed by atoms with E-state index < -0.39 is 0 Å². The number of ether oxygens (including phenoxy) is 1. The summed E-state index contributed by atoms with van der Waals surface area (Å²) in [5.41, 5.74) is 1.13. The summed E-state index contributed by atoms with van der Waals surface area (Å²) in [5.74, 6) is 0.779. The molecule has 31 heavy (non-hydrogen) atoms. The topological polar surface area (TPSA) is 66.0 Å². The van der Waals surface area contributed by atoms with Crippen LogP contribution >= 0.6 is 0 Å². The van der Waals surface area contributed by atoms with Crippen molar-refractivity contribution in [1.29, 1.82) is 0 Å². The van der Waals surface area contributed by atoms with Crippen molar-refractivity contribution in [3.05, 3.63) is 30.1 Å². The van der Waals surface area contributed by atoms with Crippen LogP contribution in [0.3, 0.4) is 0 Å². The summed E-state index contributed by atoms with van der Waals surface area (Å²) in [5, 5.41) is 0. The predicted molar refractivity (Wildman–Crippen MR) is 118 cm³/mol. The molecule has 3 saturated heterocycles. The number of likely N-dealkylation sites (tertiary alicyclic amines) is 2. The molecule has 7 nitrogen and oxygen atoms in total. The van der Waals surface area contributed by atoms with E-state index >= 15 is 0 Å². The Bertz CT molecular complexity index is 722. The third-order valence-electron chi connectivity index (χ3n) is 7.27. The average molecular weight is 429 g/mol. The Morgan fingerprint density at radius 1 is 1.03 bits per heavy atom. The van der Waals surface area contributed by atoms with Crippen LogP contribution in [0.15, 0.2) is 24.5 Å². The van der Waals surface area contributed by atoms with Gasteiger partial charge in [0.1, 0.15) is 0 Å². The summed E-state index contributed by atoms with van der Waals surface area (Å²) in [6.07, 6.45) is 8.39. The van der Waals surface area contributed by atoms with Crippen LogP contribution < -0.4 is 0 Å². The summed E-state index contributed by atoms with van der Waals surface area (Å²) in [7, 11) is 0. The number of rotatable bonds is 6. The van der Waals surface area contributed by atoms with E-state index in [1.54, 1.807) is 12.4 Å². The Morgan fingerprint density at radius 2 is 1.74 bits per heavy atom. The first kappa shape index (κ1) is 22.2. The van der Waals surface area contributed by atoms with Crippen molar-refractivity contribution in [2.75, 3.05) is 45.9 Å². The number of piperidine rings is 2. The number of hydrogen-bond acceptors (Lipinski definition) is 5. The minimum Gasteiger partial charge on any atom is -0.381 e. The van der Waals surface area contributed by atoms with E-state index in [0.717, 1.165) is 77.0 Å². The second kappa shape index (κ2) is 10.6. The number of aromatic nitrogens is 1. The maximum Gasteiger partial charge on any atom is 0.228 e. The maximum atomic E-state index is 13.1. The van der Waals surface area contributed by atoms with Crippen molar-refractivity contribution in [2.24, 2.45) is 11.8 Å². The Balaban J connectivity index is 1.22. The van der Waals surface area contributed by atoms with E-state index in [4.69, 9.17) is 4.74 Å². The van der Waals surface area contributed by atoms with Gasteiger partial charge in [-0.25, -0.2) is 0 Å². The molecule has 0 bridgehead atoms. The molecule has 1 aromatic rings. The minimum atomic E-state index is 0.0759. The summed E-state index contributed by atoms with van der Waals surface area (Å²) in [6, 6.07) is 4.50. The fourth-order valence-electron chi connectivity index (χ4n) is 5.26. The van der Waals surface area contributed by atoms with Crippen molar-refractivity contribution in [1.82, 2.24) is 19.7 Å². The summed E-state index contributed by atoms with van der Waals surface area (Å²) in [4.78, 5) is 36.4. The summed E-state index contributed by atoms with van der Waals surface area (Å²) < 4.78 is 5.38. The largest absolute Gasteiger partial charge is 0.381 e. The van der Waals surface area contributed by atoms with Gasteiger partial charge in [0.15, 0.2) is 0 Å². The maximum absolute atomic E-state index is 13.1. The molecule has 0 radical (unpaired) electrons. The van der Waals surface area contributed by atoms with Gasteiger partial charge < -0.3 is 19.4 Å². The molecule has 170 valence electrons. The Kier molecular flexibility index (Phi) is 7.56. The van der Waals surface area contributed by atoms with Gasteiger partial charge in [0.25, 0.3) is 0 Å². The molecule has 1 atom stereocenters. The molecular formula is C24H36N4O3. The van der Waals surface area contributed by atoms with Gasteiger partial charge in [-0.3, -0.25) is 14.6 Å². The Morgan fingerprint density at radius 3 is 2.35 bits per heavy atom. The molecular weight excluding hydrogens is 392 g/mol. The second-order valence-corrected chi connectivity index (χ2v) is 9.14. The van der Waals surface area contributed by atoms with Crippen LogP contribution in [0.4, 0.5) is 0 Å². The zero-order valence-electron chi connectivity index (χ0n) is 18.7. The number of carbonyl (C=O) groups excluding carboxylic acids is 2. The van der Waals surface area contributed by atoms with Gasteiger partial charge in [0, 0.05) is 57.1 Å². The Hall–Kier alpha value is -1.99. The fourth-order valence-corrected chi connectivity index (χ4v) is 5.26. The predicted octanol–water partition coefficient (Wildman–Crippen LogP) is 2.17. The molecule has 0 N–H and O–H groups in total. The average Bonchev–Trinajstić information content (AvgIpc) is 3.38. The van der Waals surface area contributed by atoms with Crippen LogP contribution in [0.2, 0.25) is 0 Å². The van der Waals surface area contributed by atoms with Crippen LogP contribution in [0.25, 0.3) is 0 Å². The molecule has 0 spiro atoms. The summed E-state index contributed by atoms with van der Waals surface area (Å²) in [6.45, 7) is 8.45. The van der Waals surface area contributed by atoms with E-state index in [0.29, 0.717) is 19.2 Å². The lowest BCUT2D eigenvalue weighted by Gasteiger charge is -2.42. The third kappa shape index (κ3) is 5.44. The lowest BCUT2D eigenvalue weighted by Crippen LogP contribution is -2.51. The normalized spacial score (nSPS) is 23.8. The lowest BCUT2D eigenvalue weighted by molar-refractivity contribution is -0.139. The molecule has 3 fully saturated rings. The smallest absolute Gasteiger partial charge is 0.228 e. The van der Waals surface area contributed by atoms with Crippen molar-refractivity contribution in [2.45, 2.75) is 51.6 Å². The standard InChI is InChI=1S/C24H36N4O3/c1-2-26(17-19-3-10-25-11-4-19)23(29)20-5-12-27(13-6-20)22-7-14-28(15-8-22)24(30)21-9-16-31-18-21/h3-4,10-11,20-22H,2,5-9,12-18H2,1H3. The molecule has 4 heterocycles. The minimum absolute atomic E-state index is 0.0759. The zero-order valence-corrected chi connectivity index (χ0v) is 18.7. The van der Waals surface area contributed by atoms with Crippen LogP contribution in [0.5, 0.6) is 0 Å². The lowest BCUT2D eigenvalue weighted by atomic mass is 9.92. The van der Waals surface area contributed by atoms with Crippen LogP contribution in [-0.4, -0.2) is 83.5 Å². The highest BCUT2D eigenvalue weighted by Gasteiger charge is 2.35. The monoisotopic (exact) mass is 428 g/mol. The first-order valence-electron chi connectivity index (χ1n) is 11.9. The fraction of sp³-hybridized carbons (Fsp3) is 0.708. The SMILES string of the molecule is CCN(Cc1ccncc1)C(=O)C1CCN(C2CCN(C(=O)C3CCOC3)CC2)CC1. The van der Waals surface area contributed by atoms with Gasteiger partial charge in [-0.2, -0.15) is 0 Å². The van der Waals surface area contributed by atoms with Crippen molar-refractivity contribution in [3.63, 3.8) is 0 Å². The van der Waals surface area contributed by atoms with Crippen molar-refractivity contribution in [3.8, 4) is 0 Å². The molecule has 0 aromatic carbocycles. The molecule has 7 heteroatoms. The third-order valence-corrected chi connectivity index (χ3v) is 7.27. The van der Waals surface area contributed by atoms with Gasteiger partial charge in [0.05, 0.1) is 12.5 Å². The number of hydrogen-bond donors (Lipinski definition) is 0. The van der Waals surface area contributed by atoms with Gasteiger partial charge in [-0.15, -0.1) is 0 Å². The number of amides is 2. The van der Waals surface area contributed by atoms with Crippen molar-refractivity contribution < 1.29 is 14.3 Å². The molecule has 4 rings (SSSR count). The molecule has 1 unspecified atom stereocenters. The van der Waals surface area contributed by atoms with Gasteiger partial charge in [-0.1, -0.05) is 0 Å². The number of nitrogens with zero attached hydrogens (tertiary/aromatic N) is 4. The zero-order chi connectivity index (χ0) is 21.6. The molecule has 0 aliphatic carbocycles. The van der Waals surface area contributed by atoms with Crippen LogP contribution in [-0.2, 0) is 20.9 Å². The summed E-state index contributed by atoms with van der Waals surface area (Å²) >= 11 is 0. The molecule has 1 aromatic heterocycles. The van der Waals surface area contributed by atoms with E-state index in [2.05, 4.69) is 16.8 Å². The molecule has 3 aliphatic rings. The molecule has 3 aliphatic heterocycles. The van der Waals surface area contributed by atoms with E-state index in [9.17, 15) is 9.59 Å². The second-order valence-electron chi connectivity index (χ2n) is 9.14. The highest BCUT2D eigenvalue weighted by Crippen LogP contribution is 2.27. The van der Waals surface area contributed by atoms with E-state index in [1.807, 2.05) is 21.9 Å². The van der Waals surface area contributed by atoms with Gasteiger partial charge in [0.2, 0.25) is 11.8 Å². The number of carbonyl (C=O) groups is 2. The van der Waals surface area contributed by atoms with Gasteiger partial charge >= 0.3 is 0 Å².